The Hall–Kier alpha value is -3.28. The molecule has 4 nitrogen and oxygen atoms in total. The maximum absolute atomic E-state index is 14.0. The van der Waals surface area contributed by atoms with Gasteiger partial charge < -0.3 is 9.64 Å². The predicted octanol–water partition coefficient (Wildman–Crippen LogP) is 4.77. The van der Waals surface area contributed by atoms with Crippen LogP contribution in [0.3, 0.4) is 0 Å². The van der Waals surface area contributed by atoms with Crippen LogP contribution in [0.5, 0.6) is 5.75 Å². The normalized spacial score (nSPS) is 11.7. The van der Waals surface area contributed by atoms with Crippen molar-refractivity contribution in [2.45, 2.75) is 19.6 Å². The lowest BCUT2D eigenvalue weighted by Crippen LogP contribution is -2.30. The molecule has 0 radical (unpaired) electrons. The SMILES string of the molecule is CC(c1cc(F)ccc1F)N(C)C(=O)c1cccc(OCc2cccnc2)c1. The zero-order valence-corrected chi connectivity index (χ0v) is 15.6. The summed E-state index contributed by atoms with van der Waals surface area (Å²) in [6.45, 7) is 1.98. The molecule has 1 heterocycles. The minimum atomic E-state index is -0.636. The van der Waals surface area contributed by atoms with Crippen molar-refractivity contribution < 1.29 is 18.3 Å². The number of halogens is 2. The molecule has 0 saturated heterocycles. The van der Waals surface area contributed by atoms with Crippen LogP contribution in [0.2, 0.25) is 0 Å². The lowest BCUT2D eigenvalue weighted by molar-refractivity contribution is 0.0739. The van der Waals surface area contributed by atoms with E-state index >= 15 is 0 Å². The number of rotatable bonds is 6. The van der Waals surface area contributed by atoms with Crippen LogP contribution in [-0.4, -0.2) is 22.8 Å². The van der Waals surface area contributed by atoms with Gasteiger partial charge in [0.15, 0.2) is 0 Å². The summed E-state index contributed by atoms with van der Waals surface area (Å²) in [4.78, 5) is 18.2. The van der Waals surface area contributed by atoms with Crippen molar-refractivity contribution in [2.24, 2.45) is 0 Å². The summed E-state index contributed by atoms with van der Waals surface area (Å²) in [6.07, 6.45) is 3.39. The Balaban J connectivity index is 1.73. The van der Waals surface area contributed by atoms with Crippen molar-refractivity contribution in [1.82, 2.24) is 9.88 Å². The Morgan fingerprint density at radius 2 is 1.96 bits per heavy atom. The van der Waals surface area contributed by atoms with E-state index in [4.69, 9.17) is 4.74 Å². The lowest BCUT2D eigenvalue weighted by Gasteiger charge is -2.26. The van der Waals surface area contributed by atoms with Crippen molar-refractivity contribution in [3.63, 3.8) is 0 Å². The average molecular weight is 382 g/mol. The van der Waals surface area contributed by atoms with Crippen molar-refractivity contribution in [3.05, 3.63) is 95.3 Å². The number of amides is 1. The van der Waals surface area contributed by atoms with Crippen LogP contribution in [0.1, 0.15) is 34.5 Å². The smallest absolute Gasteiger partial charge is 0.254 e. The number of ether oxygens (including phenoxy) is 1. The highest BCUT2D eigenvalue weighted by Crippen LogP contribution is 2.25. The first-order valence-electron chi connectivity index (χ1n) is 8.79. The lowest BCUT2D eigenvalue weighted by atomic mass is 10.1. The second-order valence-corrected chi connectivity index (χ2v) is 6.44. The number of pyridine rings is 1. The molecule has 1 aromatic heterocycles. The third kappa shape index (κ3) is 4.52. The molecule has 0 spiro atoms. The molecule has 3 rings (SSSR count). The van der Waals surface area contributed by atoms with Gasteiger partial charge in [-0.1, -0.05) is 12.1 Å². The van der Waals surface area contributed by atoms with Crippen LogP contribution < -0.4 is 4.74 Å². The topological polar surface area (TPSA) is 42.4 Å². The van der Waals surface area contributed by atoms with E-state index in [1.54, 1.807) is 50.6 Å². The third-order valence-electron chi connectivity index (χ3n) is 4.52. The maximum atomic E-state index is 14.0. The third-order valence-corrected chi connectivity index (χ3v) is 4.52. The summed E-state index contributed by atoms with van der Waals surface area (Å²) >= 11 is 0. The molecule has 0 aliphatic heterocycles. The predicted molar refractivity (Wildman–Crippen MR) is 102 cm³/mol. The van der Waals surface area contributed by atoms with Gasteiger partial charge in [-0.2, -0.15) is 0 Å². The molecular formula is C22H20F2N2O2. The van der Waals surface area contributed by atoms with Gasteiger partial charge in [-0.05, 0) is 49.4 Å². The minimum absolute atomic E-state index is 0.125. The van der Waals surface area contributed by atoms with Gasteiger partial charge in [-0.15, -0.1) is 0 Å². The average Bonchev–Trinajstić information content (AvgIpc) is 2.73. The molecule has 1 amide bonds. The van der Waals surface area contributed by atoms with Crippen molar-refractivity contribution in [3.8, 4) is 5.75 Å². The molecular weight excluding hydrogens is 362 g/mol. The largest absolute Gasteiger partial charge is 0.489 e. The van der Waals surface area contributed by atoms with Gasteiger partial charge in [0, 0.05) is 36.1 Å². The van der Waals surface area contributed by atoms with E-state index in [0.29, 0.717) is 17.9 Å². The van der Waals surface area contributed by atoms with Crippen LogP contribution in [-0.2, 0) is 6.61 Å². The molecule has 0 aliphatic carbocycles. The molecule has 0 bridgehead atoms. The molecule has 144 valence electrons. The number of nitrogens with zero attached hydrogens (tertiary/aromatic N) is 2. The van der Waals surface area contributed by atoms with Gasteiger partial charge >= 0.3 is 0 Å². The standard InChI is InChI=1S/C22H20F2N2O2/c1-15(20-12-18(23)8-9-21(20)24)26(2)22(27)17-6-3-7-19(11-17)28-14-16-5-4-10-25-13-16/h3-13,15H,14H2,1-2H3. The van der Waals surface area contributed by atoms with Crippen LogP contribution in [0.15, 0.2) is 67.0 Å². The van der Waals surface area contributed by atoms with E-state index in [-0.39, 0.29) is 11.5 Å². The highest BCUT2D eigenvalue weighted by molar-refractivity contribution is 5.94. The molecule has 3 aromatic rings. The van der Waals surface area contributed by atoms with E-state index in [0.717, 1.165) is 23.8 Å². The van der Waals surface area contributed by atoms with Gasteiger partial charge in [0.25, 0.3) is 5.91 Å². The summed E-state index contributed by atoms with van der Waals surface area (Å²) in [6, 6.07) is 13.1. The monoisotopic (exact) mass is 382 g/mol. The molecule has 2 aromatic carbocycles. The van der Waals surface area contributed by atoms with Crippen molar-refractivity contribution in [1.29, 1.82) is 0 Å². The van der Waals surface area contributed by atoms with Crippen LogP contribution >= 0.6 is 0 Å². The summed E-state index contributed by atoms with van der Waals surface area (Å²) in [5.74, 6) is -0.882. The molecule has 0 saturated carbocycles. The van der Waals surface area contributed by atoms with Crippen LogP contribution in [0.25, 0.3) is 0 Å². The Morgan fingerprint density at radius 1 is 1.14 bits per heavy atom. The fourth-order valence-corrected chi connectivity index (χ4v) is 2.79. The van der Waals surface area contributed by atoms with E-state index in [1.807, 2.05) is 12.1 Å². The highest BCUT2D eigenvalue weighted by Gasteiger charge is 2.22. The molecule has 0 fully saturated rings. The number of carbonyl (C=O) groups is 1. The van der Waals surface area contributed by atoms with Gasteiger partial charge in [-0.3, -0.25) is 9.78 Å². The van der Waals surface area contributed by atoms with Crippen molar-refractivity contribution >= 4 is 5.91 Å². The van der Waals surface area contributed by atoms with Crippen LogP contribution in [0, 0.1) is 11.6 Å². The Bertz CT molecular complexity index is 964. The zero-order valence-electron chi connectivity index (χ0n) is 15.6. The molecule has 0 N–H and O–H groups in total. The van der Waals surface area contributed by atoms with Gasteiger partial charge in [-0.25, -0.2) is 8.78 Å². The first kappa shape index (κ1) is 19.5. The fourth-order valence-electron chi connectivity index (χ4n) is 2.79. The molecule has 6 heteroatoms. The molecule has 1 unspecified atom stereocenters. The second kappa shape index (κ2) is 8.61. The Kier molecular flexibility index (Phi) is 5.99. The quantitative estimate of drug-likeness (QED) is 0.617. The van der Waals surface area contributed by atoms with E-state index < -0.39 is 17.7 Å². The molecule has 0 aliphatic rings. The van der Waals surface area contributed by atoms with E-state index in [9.17, 15) is 13.6 Å². The number of hydrogen-bond acceptors (Lipinski definition) is 3. The number of hydrogen-bond donors (Lipinski definition) is 0. The summed E-state index contributed by atoms with van der Waals surface area (Å²) in [7, 11) is 1.56. The number of aromatic nitrogens is 1. The zero-order chi connectivity index (χ0) is 20.1. The van der Waals surface area contributed by atoms with Crippen molar-refractivity contribution in [2.75, 3.05) is 7.05 Å². The fraction of sp³-hybridized carbons (Fsp3) is 0.182. The molecule has 1 atom stereocenters. The Morgan fingerprint density at radius 3 is 2.71 bits per heavy atom. The first-order valence-corrected chi connectivity index (χ1v) is 8.79. The first-order chi connectivity index (χ1) is 13.5. The summed E-state index contributed by atoms with van der Waals surface area (Å²) in [5, 5.41) is 0. The second-order valence-electron chi connectivity index (χ2n) is 6.44. The molecule has 28 heavy (non-hydrogen) atoms. The summed E-state index contributed by atoms with van der Waals surface area (Å²) in [5.41, 5.74) is 1.43. The van der Waals surface area contributed by atoms with Crippen LogP contribution in [0.4, 0.5) is 8.78 Å². The Labute approximate surface area is 162 Å². The number of carbonyl (C=O) groups excluding carboxylic acids is 1. The van der Waals surface area contributed by atoms with Gasteiger partial charge in [0.1, 0.15) is 24.0 Å². The summed E-state index contributed by atoms with van der Waals surface area (Å²) < 4.78 is 33.2. The van der Waals surface area contributed by atoms with Gasteiger partial charge in [0.05, 0.1) is 6.04 Å². The van der Waals surface area contributed by atoms with E-state index in [2.05, 4.69) is 4.98 Å². The maximum Gasteiger partial charge on any atom is 0.254 e. The van der Waals surface area contributed by atoms with E-state index in [1.165, 1.54) is 4.90 Å². The highest BCUT2D eigenvalue weighted by atomic mass is 19.1. The van der Waals surface area contributed by atoms with Gasteiger partial charge in [0.2, 0.25) is 0 Å². The number of benzene rings is 2. The minimum Gasteiger partial charge on any atom is -0.489 e.